The summed E-state index contributed by atoms with van der Waals surface area (Å²) in [6.45, 7) is 3.72. The number of carbonyl (C=O) groups is 1. The van der Waals surface area contributed by atoms with Crippen molar-refractivity contribution in [2.75, 3.05) is 0 Å². The number of aromatic nitrogens is 1. The maximum Gasteiger partial charge on any atom is 0.253 e. The Labute approximate surface area is 147 Å². The minimum absolute atomic E-state index is 0.219. The second kappa shape index (κ2) is 7.45. The molecule has 0 saturated heterocycles. The molecule has 0 aliphatic heterocycles. The lowest BCUT2D eigenvalue weighted by molar-refractivity contribution is 0.0853. The average Bonchev–Trinajstić information content (AvgIpc) is 2.61. The van der Waals surface area contributed by atoms with Crippen molar-refractivity contribution in [2.24, 2.45) is 0 Å². The molecule has 0 radical (unpaired) electrons. The number of fused-ring (bicyclic) bond motifs is 1. The summed E-state index contributed by atoms with van der Waals surface area (Å²) >= 11 is 0. The second-order valence-corrected chi connectivity index (χ2v) is 6.35. The zero-order valence-corrected chi connectivity index (χ0v) is 14.4. The van der Waals surface area contributed by atoms with Crippen LogP contribution in [0.1, 0.15) is 28.5 Å². The summed E-state index contributed by atoms with van der Waals surface area (Å²) in [6, 6.07) is 18.8. The molecule has 3 rings (SSSR count). The standard InChI is InChI=1S/C21H22N2O2/c1-14-11-12-17-9-6-10-18(20(17)22-14)21(25)23-15(2)19(24)13-16-7-4-3-5-8-16/h3-12,15,19,24H,13H2,1-2H3,(H,23,25). The lowest BCUT2D eigenvalue weighted by Crippen LogP contribution is -2.42. The molecule has 1 amide bonds. The predicted molar refractivity (Wildman–Crippen MR) is 99.6 cm³/mol. The minimum Gasteiger partial charge on any atom is -0.391 e. The van der Waals surface area contributed by atoms with Crippen LogP contribution in [0.15, 0.2) is 60.7 Å². The average molecular weight is 334 g/mol. The molecule has 0 aliphatic carbocycles. The van der Waals surface area contributed by atoms with Gasteiger partial charge in [-0.25, -0.2) is 0 Å². The highest BCUT2D eigenvalue weighted by Gasteiger charge is 2.19. The number of nitrogens with one attached hydrogen (secondary N) is 1. The Morgan fingerprint density at radius 2 is 1.84 bits per heavy atom. The Morgan fingerprint density at radius 1 is 1.08 bits per heavy atom. The molecule has 2 unspecified atom stereocenters. The number of aryl methyl sites for hydroxylation is 1. The van der Waals surface area contributed by atoms with Crippen LogP contribution < -0.4 is 5.32 Å². The van der Waals surface area contributed by atoms with Gasteiger partial charge in [-0.05, 0) is 31.5 Å². The number of pyridine rings is 1. The number of hydrogen-bond donors (Lipinski definition) is 2. The summed E-state index contributed by atoms with van der Waals surface area (Å²) in [5.41, 5.74) is 3.12. The molecule has 0 saturated carbocycles. The zero-order valence-electron chi connectivity index (χ0n) is 14.4. The van der Waals surface area contributed by atoms with Gasteiger partial charge in [0, 0.05) is 17.5 Å². The number of amides is 1. The van der Waals surface area contributed by atoms with Gasteiger partial charge in [-0.15, -0.1) is 0 Å². The van der Waals surface area contributed by atoms with Gasteiger partial charge in [0.05, 0.1) is 23.2 Å². The van der Waals surface area contributed by atoms with E-state index >= 15 is 0 Å². The van der Waals surface area contributed by atoms with E-state index in [4.69, 9.17) is 0 Å². The van der Waals surface area contributed by atoms with Crippen molar-refractivity contribution < 1.29 is 9.90 Å². The number of carbonyl (C=O) groups excluding carboxylic acids is 1. The van der Waals surface area contributed by atoms with E-state index in [0.717, 1.165) is 16.6 Å². The summed E-state index contributed by atoms with van der Waals surface area (Å²) in [5.74, 6) is -0.219. The van der Waals surface area contributed by atoms with Crippen molar-refractivity contribution in [3.05, 3.63) is 77.5 Å². The van der Waals surface area contributed by atoms with Gasteiger partial charge < -0.3 is 10.4 Å². The van der Waals surface area contributed by atoms with Gasteiger partial charge in [-0.2, -0.15) is 0 Å². The van der Waals surface area contributed by atoms with Crippen LogP contribution in [-0.4, -0.2) is 28.1 Å². The van der Waals surface area contributed by atoms with Crippen LogP contribution in [0, 0.1) is 6.92 Å². The van der Waals surface area contributed by atoms with Gasteiger partial charge >= 0.3 is 0 Å². The van der Waals surface area contributed by atoms with Crippen molar-refractivity contribution in [3.63, 3.8) is 0 Å². The van der Waals surface area contributed by atoms with E-state index in [-0.39, 0.29) is 11.9 Å². The first kappa shape index (κ1) is 17.1. The van der Waals surface area contributed by atoms with E-state index in [9.17, 15) is 9.90 Å². The second-order valence-electron chi connectivity index (χ2n) is 6.35. The first-order valence-electron chi connectivity index (χ1n) is 8.44. The Hall–Kier alpha value is -2.72. The van der Waals surface area contributed by atoms with Gasteiger partial charge in [0.25, 0.3) is 5.91 Å². The van der Waals surface area contributed by atoms with E-state index in [2.05, 4.69) is 10.3 Å². The molecular formula is C21H22N2O2. The van der Waals surface area contributed by atoms with Crippen LogP contribution in [0.25, 0.3) is 10.9 Å². The minimum atomic E-state index is -0.656. The number of aliphatic hydroxyl groups is 1. The largest absolute Gasteiger partial charge is 0.391 e. The van der Waals surface area contributed by atoms with Gasteiger partial charge in [-0.3, -0.25) is 9.78 Å². The molecule has 1 aromatic heterocycles. The zero-order chi connectivity index (χ0) is 17.8. The van der Waals surface area contributed by atoms with Gasteiger partial charge in [0.2, 0.25) is 0 Å². The van der Waals surface area contributed by atoms with E-state index in [1.807, 2.05) is 68.4 Å². The topological polar surface area (TPSA) is 62.2 Å². The SMILES string of the molecule is Cc1ccc2cccc(C(=O)NC(C)C(O)Cc3ccccc3)c2n1. The molecular weight excluding hydrogens is 312 g/mol. The summed E-state index contributed by atoms with van der Waals surface area (Å²) in [4.78, 5) is 17.2. The Morgan fingerprint density at radius 3 is 2.60 bits per heavy atom. The van der Waals surface area contributed by atoms with E-state index in [1.54, 1.807) is 6.07 Å². The van der Waals surface area contributed by atoms with Crippen LogP contribution >= 0.6 is 0 Å². The maximum atomic E-state index is 12.7. The summed E-state index contributed by atoms with van der Waals surface area (Å²) in [6.07, 6.45) is -0.161. The van der Waals surface area contributed by atoms with Crippen LogP contribution in [0.3, 0.4) is 0 Å². The fraction of sp³-hybridized carbons (Fsp3) is 0.238. The monoisotopic (exact) mass is 334 g/mol. The molecule has 2 aromatic carbocycles. The Bertz CT molecular complexity index is 877. The van der Waals surface area contributed by atoms with Crippen molar-refractivity contribution in [1.82, 2.24) is 10.3 Å². The van der Waals surface area contributed by atoms with Crippen molar-refractivity contribution in [3.8, 4) is 0 Å². The summed E-state index contributed by atoms with van der Waals surface area (Å²) in [5, 5.41) is 14.2. The number of para-hydroxylation sites is 1. The van der Waals surface area contributed by atoms with Crippen LogP contribution in [-0.2, 0) is 6.42 Å². The highest BCUT2D eigenvalue weighted by atomic mass is 16.3. The lowest BCUT2D eigenvalue weighted by atomic mass is 10.0. The van der Waals surface area contributed by atoms with Crippen LogP contribution in [0.4, 0.5) is 0 Å². The number of aliphatic hydroxyl groups excluding tert-OH is 1. The maximum absolute atomic E-state index is 12.7. The molecule has 2 atom stereocenters. The molecule has 0 bridgehead atoms. The molecule has 0 spiro atoms. The van der Waals surface area contributed by atoms with Gasteiger partial charge in [0.15, 0.2) is 0 Å². The normalized spacial score (nSPS) is 13.4. The lowest BCUT2D eigenvalue weighted by Gasteiger charge is -2.20. The molecule has 4 nitrogen and oxygen atoms in total. The fourth-order valence-corrected chi connectivity index (χ4v) is 2.84. The van der Waals surface area contributed by atoms with E-state index in [0.29, 0.717) is 17.5 Å². The highest BCUT2D eigenvalue weighted by Crippen LogP contribution is 2.17. The third-order valence-corrected chi connectivity index (χ3v) is 4.33. The molecule has 4 heteroatoms. The summed E-state index contributed by atoms with van der Waals surface area (Å²) < 4.78 is 0. The summed E-state index contributed by atoms with van der Waals surface area (Å²) in [7, 11) is 0. The Balaban J connectivity index is 1.74. The van der Waals surface area contributed by atoms with Crippen molar-refractivity contribution >= 4 is 16.8 Å². The van der Waals surface area contributed by atoms with Crippen LogP contribution in [0.2, 0.25) is 0 Å². The molecule has 25 heavy (non-hydrogen) atoms. The molecule has 0 aliphatic rings. The fourth-order valence-electron chi connectivity index (χ4n) is 2.84. The first-order chi connectivity index (χ1) is 12.0. The third-order valence-electron chi connectivity index (χ3n) is 4.33. The first-order valence-corrected chi connectivity index (χ1v) is 8.44. The molecule has 0 fully saturated rings. The van der Waals surface area contributed by atoms with Crippen molar-refractivity contribution in [2.45, 2.75) is 32.4 Å². The quantitative estimate of drug-likeness (QED) is 0.753. The van der Waals surface area contributed by atoms with Crippen molar-refractivity contribution in [1.29, 1.82) is 0 Å². The van der Waals surface area contributed by atoms with Gasteiger partial charge in [-0.1, -0.05) is 48.5 Å². The molecule has 128 valence electrons. The van der Waals surface area contributed by atoms with E-state index < -0.39 is 6.10 Å². The van der Waals surface area contributed by atoms with Gasteiger partial charge in [0.1, 0.15) is 0 Å². The number of hydrogen-bond acceptors (Lipinski definition) is 3. The number of benzene rings is 2. The number of rotatable bonds is 5. The smallest absolute Gasteiger partial charge is 0.253 e. The number of nitrogens with zero attached hydrogens (tertiary/aromatic N) is 1. The molecule has 1 heterocycles. The molecule has 3 aromatic rings. The third kappa shape index (κ3) is 4.03. The Kier molecular flexibility index (Phi) is 5.10. The predicted octanol–water partition coefficient (Wildman–Crippen LogP) is 3.27. The van der Waals surface area contributed by atoms with E-state index in [1.165, 1.54) is 0 Å². The highest BCUT2D eigenvalue weighted by molar-refractivity contribution is 6.05. The molecule has 2 N–H and O–H groups in total. The van der Waals surface area contributed by atoms with Crippen LogP contribution in [0.5, 0.6) is 0 Å².